The molecule has 0 fully saturated rings. The zero-order valence-corrected chi connectivity index (χ0v) is 15.8. The Morgan fingerprint density at radius 1 is 1.27 bits per heavy atom. The highest BCUT2D eigenvalue weighted by molar-refractivity contribution is 7.98. The number of non-ortho nitro benzene ring substituents is 1. The number of rotatable bonds is 8. The van der Waals surface area contributed by atoms with Crippen molar-refractivity contribution in [1.29, 1.82) is 0 Å². The Morgan fingerprint density at radius 3 is 2.54 bits per heavy atom. The van der Waals surface area contributed by atoms with Gasteiger partial charge in [0.1, 0.15) is 12.3 Å². The summed E-state index contributed by atoms with van der Waals surface area (Å²) >= 11 is 1.68. The summed E-state index contributed by atoms with van der Waals surface area (Å²) in [5.74, 6) is 0.149. The minimum absolute atomic E-state index is 0.101. The van der Waals surface area contributed by atoms with Crippen LogP contribution in [-0.4, -0.2) is 37.8 Å². The van der Waals surface area contributed by atoms with E-state index in [2.05, 4.69) is 29.6 Å². The molecule has 7 nitrogen and oxygen atoms in total. The van der Waals surface area contributed by atoms with Crippen molar-refractivity contribution in [1.82, 2.24) is 0 Å². The number of ether oxygens (including phenoxy) is 1. The Morgan fingerprint density at radius 2 is 1.96 bits per heavy atom. The number of anilines is 1. The van der Waals surface area contributed by atoms with Gasteiger partial charge in [-0.2, -0.15) is 0 Å². The minimum Gasteiger partial charge on any atom is -0.495 e. The minimum atomic E-state index is -0.509. The van der Waals surface area contributed by atoms with E-state index in [4.69, 9.17) is 4.74 Å². The number of hydrogen-bond acceptors (Lipinski definition) is 5. The van der Waals surface area contributed by atoms with Crippen molar-refractivity contribution in [3.05, 3.63) is 58.1 Å². The molecular weight excluding hydrogens is 354 g/mol. The van der Waals surface area contributed by atoms with E-state index >= 15 is 0 Å². The number of nitro groups is 1. The summed E-state index contributed by atoms with van der Waals surface area (Å²) in [6.07, 6.45) is 2.03. The van der Waals surface area contributed by atoms with Gasteiger partial charge in [0.05, 0.1) is 24.8 Å². The Bertz CT molecular complexity index is 781. The molecule has 2 rings (SSSR count). The molecular formula is C18H22N3O4S+. The van der Waals surface area contributed by atoms with E-state index < -0.39 is 4.92 Å². The summed E-state index contributed by atoms with van der Waals surface area (Å²) in [7, 11) is 3.37. The molecule has 2 aromatic rings. The lowest BCUT2D eigenvalue weighted by atomic mass is 10.2. The molecule has 0 aromatic heterocycles. The topological polar surface area (TPSA) is 85.9 Å². The molecule has 26 heavy (non-hydrogen) atoms. The molecule has 0 spiro atoms. The van der Waals surface area contributed by atoms with Crippen molar-refractivity contribution in [3.63, 3.8) is 0 Å². The van der Waals surface area contributed by atoms with Gasteiger partial charge in [-0.3, -0.25) is 14.9 Å². The molecule has 0 aliphatic carbocycles. The molecule has 0 aliphatic heterocycles. The molecule has 0 heterocycles. The highest BCUT2D eigenvalue weighted by atomic mass is 32.2. The van der Waals surface area contributed by atoms with Crippen LogP contribution in [0.25, 0.3) is 0 Å². The molecule has 0 radical (unpaired) electrons. The van der Waals surface area contributed by atoms with Crippen LogP contribution in [-0.2, 0) is 11.3 Å². The summed E-state index contributed by atoms with van der Waals surface area (Å²) in [5, 5.41) is 13.6. The van der Waals surface area contributed by atoms with Gasteiger partial charge in [0, 0.05) is 22.6 Å². The number of carbonyl (C=O) groups excluding carboxylic acids is 1. The van der Waals surface area contributed by atoms with E-state index in [1.54, 1.807) is 11.8 Å². The lowest BCUT2D eigenvalue weighted by Crippen LogP contribution is -3.08. The average Bonchev–Trinajstić information content (AvgIpc) is 2.62. The van der Waals surface area contributed by atoms with Crippen molar-refractivity contribution in [2.45, 2.75) is 11.4 Å². The summed E-state index contributed by atoms with van der Waals surface area (Å²) in [6, 6.07) is 12.3. The molecule has 0 bridgehead atoms. The number of carbonyl (C=O) groups is 1. The molecule has 1 amide bonds. The molecule has 138 valence electrons. The van der Waals surface area contributed by atoms with Crippen molar-refractivity contribution >= 4 is 29.0 Å². The van der Waals surface area contributed by atoms with Crippen LogP contribution in [0.3, 0.4) is 0 Å². The first kappa shape index (κ1) is 19.7. The monoisotopic (exact) mass is 376 g/mol. The van der Waals surface area contributed by atoms with E-state index in [1.807, 2.05) is 13.3 Å². The van der Waals surface area contributed by atoms with Crippen molar-refractivity contribution in [3.8, 4) is 5.75 Å². The van der Waals surface area contributed by atoms with Crippen LogP contribution in [0.4, 0.5) is 11.4 Å². The number of benzene rings is 2. The first-order chi connectivity index (χ1) is 12.4. The van der Waals surface area contributed by atoms with Crippen LogP contribution in [0.15, 0.2) is 47.4 Å². The Labute approximate surface area is 156 Å². The fourth-order valence-electron chi connectivity index (χ4n) is 2.53. The molecule has 1 unspecified atom stereocenters. The predicted octanol–water partition coefficient (Wildman–Crippen LogP) is 1.98. The van der Waals surface area contributed by atoms with Gasteiger partial charge in [-0.05, 0) is 24.5 Å². The first-order valence-corrected chi connectivity index (χ1v) is 9.22. The number of nitrogens with zero attached hydrogens (tertiary/aromatic N) is 1. The smallest absolute Gasteiger partial charge is 0.279 e. The van der Waals surface area contributed by atoms with Gasteiger partial charge in [0.2, 0.25) is 0 Å². The number of quaternary nitrogens is 1. The number of nitrogens with one attached hydrogen (secondary N) is 2. The van der Waals surface area contributed by atoms with Gasteiger partial charge in [0.15, 0.2) is 6.54 Å². The number of methoxy groups -OCH3 is 1. The first-order valence-electron chi connectivity index (χ1n) is 7.99. The fraction of sp³-hybridized carbons (Fsp3) is 0.278. The van der Waals surface area contributed by atoms with Gasteiger partial charge in [-0.25, -0.2) is 0 Å². The van der Waals surface area contributed by atoms with E-state index in [0.29, 0.717) is 18.0 Å². The van der Waals surface area contributed by atoms with Crippen LogP contribution < -0.4 is 15.0 Å². The highest BCUT2D eigenvalue weighted by Crippen LogP contribution is 2.28. The number of thioether (sulfide) groups is 1. The zero-order valence-electron chi connectivity index (χ0n) is 14.9. The van der Waals surface area contributed by atoms with Gasteiger partial charge >= 0.3 is 0 Å². The second kappa shape index (κ2) is 9.21. The number of hydrogen-bond donors (Lipinski definition) is 2. The van der Waals surface area contributed by atoms with Gasteiger partial charge in [-0.15, -0.1) is 11.8 Å². The molecule has 0 saturated heterocycles. The van der Waals surface area contributed by atoms with E-state index in [1.165, 1.54) is 30.2 Å². The van der Waals surface area contributed by atoms with Crippen LogP contribution in [0.5, 0.6) is 5.75 Å². The SMILES string of the molecule is COc1ccc([N+](=O)[O-])cc1NC(=O)C[NH+](C)Cc1ccc(SC)cc1. The maximum atomic E-state index is 12.3. The third kappa shape index (κ3) is 5.47. The largest absolute Gasteiger partial charge is 0.495 e. The van der Waals surface area contributed by atoms with E-state index in [9.17, 15) is 14.9 Å². The van der Waals surface area contributed by atoms with Crippen molar-refractivity contribution in [2.75, 3.05) is 32.3 Å². The van der Waals surface area contributed by atoms with Crippen LogP contribution in [0, 0.1) is 10.1 Å². The molecule has 2 aromatic carbocycles. The van der Waals surface area contributed by atoms with E-state index in [0.717, 1.165) is 10.5 Å². The summed E-state index contributed by atoms with van der Waals surface area (Å²) < 4.78 is 5.16. The lowest BCUT2D eigenvalue weighted by Gasteiger charge is -2.15. The summed E-state index contributed by atoms with van der Waals surface area (Å²) in [6.45, 7) is 0.935. The highest BCUT2D eigenvalue weighted by Gasteiger charge is 2.16. The van der Waals surface area contributed by atoms with Gasteiger partial charge in [0.25, 0.3) is 11.6 Å². The van der Waals surface area contributed by atoms with Crippen molar-refractivity contribution < 1.29 is 19.4 Å². The normalized spacial score (nSPS) is 11.7. The Hall–Kier alpha value is -2.58. The number of amides is 1. The third-order valence-electron chi connectivity index (χ3n) is 3.80. The molecule has 2 N–H and O–H groups in total. The third-order valence-corrected chi connectivity index (χ3v) is 4.54. The number of nitro benzene ring substituents is 1. The standard InChI is InChI=1S/C18H21N3O4S/c1-20(11-13-4-7-15(26-3)8-5-13)12-18(22)19-16-10-14(21(23)24)6-9-17(16)25-2/h4-10H,11-12H2,1-3H3,(H,19,22)/p+1. The van der Waals surface area contributed by atoms with Gasteiger partial charge < -0.3 is 15.0 Å². The Balaban J connectivity index is 1.98. The Kier molecular flexibility index (Phi) is 6.99. The second-order valence-corrected chi connectivity index (χ2v) is 6.73. The van der Waals surface area contributed by atoms with Crippen molar-refractivity contribution in [2.24, 2.45) is 0 Å². The zero-order chi connectivity index (χ0) is 19.1. The molecule has 8 heteroatoms. The molecule has 0 aliphatic rings. The van der Waals surface area contributed by atoms with Crippen LogP contribution in [0.2, 0.25) is 0 Å². The van der Waals surface area contributed by atoms with Crippen LogP contribution >= 0.6 is 11.8 Å². The summed E-state index contributed by atoms with van der Waals surface area (Å²) in [5.41, 5.74) is 1.33. The quantitative estimate of drug-likeness (QED) is 0.418. The van der Waals surface area contributed by atoms with Crippen LogP contribution in [0.1, 0.15) is 5.56 Å². The maximum Gasteiger partial charge on any atom is 0.279 e. The predicted molar refractivity (Wildman–Crippen MR) is 102 cm³/mol. The molecule has 1 atom stereocenters. The number of likely N-dealkylation sites (N-methyl/N-ethyl adjacent to an activating group) is 1. The fourth-order valence-corrected chi connectivity index (χ4v) is 2.94. The average molecular weight is 376 g/mol. The maximum absolute atomic E-state index is 12.3. The lowest BCUT2D eigenvalue weighted by molar-refractivity contribution is -0.885. The summed E-state index contributed by atoms with van der Waals surface area (Å²) in [4.78, 5) is 24.9. The van der Waals surface area contributed by atoms with Gasteiger partial charge in [-0.1, -0.05) is 12.1 Å². The molecule has 0 saturated carbocycles. The van der Waals surface area contributed by atoms with E-state index in [-0.39, 0.29) is 18.1 Å². The second-order valence-electron chi connectivity index (χ2n) is 5.85.